The standard InChI is InChI=1S/C17H21FN2O2S/c1-12(21)19-11-17-20(6-7-22-17)14-2-3-15(16(18)10-14)13-4-8-23-9-5-13/h2-4,10,17H,5-9,11H2,1H3,(H,19,21)/t17-/m0/s1. The van der Waals surface area contributed by atoms with Crippen LogP contribution < -0.4 is 10.2 Å². The van der Waals surface area contributed by atoms with Crippen LogP contribution in [0.3, 0.4) is 0 Å². The summed E-state index contributed by atoms with van der Waals surface area (Å²) in [6.07, 6.45) is 2.79. The fourth-order valence-electron chi connectivity index (χ4n) is 2.93. The summed E-state index contributed by atoms with van der Waals surface area (Å²) >= 11 is 1.87. The Balaban J connectivity index is 1.76. The molecule has 23 heavy (non-hydrogen) atoms. The molecule has 3 rings (SSSR count). The third-order valence-electron chi connectivity index (χ3n) is 4.11. The second-order valence-corrected chi connectivity index (χ2v) is 6.82. The second kappa shape index (κ2) is 7.36. The summed E-state index contributed by atoms with van der Waals surface area (Å²) in [6.45, 7) is 3.16. The number of rotatable bonds is 4. The topological polar surface area (TPSA) is 41.6 Å². The monoisotopic (exact) mass is 336 g/mol. The Hall–Kier alpha value is -1.53. The van der Waals surface area contributed by atoms with Gasteiger partial charge in [0.05, 0.1) is 13.2 Å². The summed E-state index contributed by atoms with van der Waals surface area (Å²) in [4.78, 5) is 13.1. The van der Waals surface area contributed by atoms with Crippen molar-refractivity contribution in [3.63, 3.8) is 0 Å². The van der Waals surface area contributed by atoms with Gasteiger partial charge in [-0.3, -0.25) is 4.79 Å². The van der Waals surface area contributed by atoms with Gasteiger partial charge in [-0.05, 0) is 35.9 Å². The molecule has 0 spiro atoms. The van der Waals surface area contributed by atoms with Crippen LogP contribution in [0.5, 0.6) is 0 Å². The largest absolute Gasteiger partial charge is 0.355 e. The van der Waals surface area contributed by atoms with E-state index in [1.54, 1.807) is 6.07 Å². The van der Waals surface area contributed by atoms with E-state index in [0.717, 1.165) is 29.2 Å². The summed E-state index contributed by atoms with van der Waals surface area (Å²) < 4.78 is 20.2. The summed E-state index contributed by atoms with van der Waals surface area (Å²) in [5, 5.41) is 2.75. The lowest BCUT2D eigenvalue weighted by molar-refractivity contribution is -0.119. The van der Waals surface area contributed by atoms with E-state index in [9.17, 15) is 9.18 Å². The number of nitrogens with one attached hydrogen (secondary N) is 1. The van der Waals surface area contributed by atoms with Crippen molar-refractivity contribution in [1.82, 2.24) is 5.32 Å². The van der Waals surface area contributed by atoms with E-state index < -0.39 is 0 Å². The zero-order valence-electron chi connectivity index (χ0n) is 13.2. The number of thioether (sulfide) groups is 1. The van der Waals surface area contributed by atoms with Crippen molar-refractivity contribution < 1.29 is 13.9 Å². The van der Waals surface area contributed by atoms with Gasteiger partial charge in [-0.2, -0.15) is 11.8 Å². The van der Waals surface area contributed by atoms with Gasteiger partial charge < -0.3 is 15.0 Å². The fraction of sp³-hybridized carbons (Fsp3) is 0.471. The molecule has 2 aliphatic heterocycles. The lowest BCUT2D eigenvalue weighted by Crippen LogP contribution is -2.40. The predicted octanol–water partition coefficient (Wildman–Crippen LogP) is 2.64. The van der Waals surface area contributed by atoms with Crippen LogP contribution in [0.25, 0.3) is 5.57 Å². The van der Waals surface area contributed by atoms with Crippen molar-refractivity contribution in [3.8, 4) is 0 Å². The van der Waals surface area contributed by atoms with Gasteiger partial charge in [-0.1, -0.05) is 6.08 Å². The zero-order chi connectivity index (χ0) is 16.2. The van der Waals surface area contributed by atoms with Crippen molar-refractivity contribution in [2.24, 2.45) is 0 Å². The first kappa shape index (κ1) is 16.3. The Bertz CT molecular complexity index is 621. The van der Waals surface area contributed by atoms with Gasteiger partial charge in [-0.15, -0.1) is 0 Å². The van der Waals surface area contributed by atoms with E-state index in [0.29, 0.717) is 25.3 Å². The van der Waals surface area contributed by atoms with Gasteiger partial charge >= 0.3 is 0 Å². The average molecular weight is 336 g/mol. The van der Waals surface area contributed by atoms with Crippen LogP contribution in [0.15, 0.2) is 24.3 Å². The highest BCUT2D eigenvalue weighted by Gasteiger charge is 2.26. The molecule has 1 aromatic carbocycles. The number of amides is 1. The van der Waals surface area contributed by atoms with Gasteiger partial charge in [0.25, 0.3) is 0 Å². The molecule has 2 aliphatic rings. The van der Waals surface area contributed by atoms with Crippen molar-refractivity contribution in [2.45, 2.75) is 19.6 Å². The van der Waals surface area contributed by atoms with Gasteiger partial charge in [0.15, 0.2) is 0 Å². The van der Waals surface area contributed by atoms with Gasteiger partial charge in [0.1, 0.15) is 12.0 Å². The Morgan fingerprint density at radius 2 is 2.39 bits per heavy atom. The SMILES string of the molecule is CC(=O)NC[C@@H]1OCCN1c1ccc(C2=CCSCC2)c(F)c1. The lowest BCUT2D eigenvalue weighted by atomic mass is 10.0. The number of allylic oxidation sites excluding steroid dienone is 1. The fourth-order valence-corrected chi connectivity index (χ4v) is 3.78. The normalized spacial score (nSPS) is 21.2. The molecule has 1 saturated heterocycles. The van der Waals surface area contributed by atoms with Crippen LogP contribution in [0.2, 0.25) is 0 Å². The van der Waals surface area contributed by atoms with Gasteiger partial charge in [-0.25, -0.2) is 4.39 Å². The van der Waals surface area contributed by atoms with Crippen LogP contribution >= 0.6 is 11.8 Å². The van der Waals surface area contributed by atoms with Crippen molar-refractivity contribution in [1.29, 1.82) is 0 Å². The Kier molecular flexibility index (Phi) is 5.23. The molecule has 1 aromatic rings. The number of nitrogens with zero attached hydrogens (tertiary/aromatic N) is 1. The minimum Gasteiger partial charge on any atom is -0.355 e. The summed E-state index contributed by atoms with van der Waals surface area (Å²) in [5.41, 5.74) is 2.60. The molecular formula is C17H21FN2O2S. The number of hydrogen-bond acceptors (Lipinski definition) is 4. The Morgan fingerprint density at radius 3 is 3.09 bits per heavy atom. The third-order valence-corrected chi connectivity index (χ3v) is 5.00. The van der Waals surface area contributed by atoms with Crippen LogP contribution in [-0.2, 0) is 9.53 Å². The maximum Gasteiger partial charge on any atom is 0.217 e. The molecular weight excluding hydrogens is 315 g/mol. The van der Waals surface area contributed by atoms with Crippen molar-refractivity contribution in [2.75, 3.05) is 36.1 Å². The highest BCUT2D eigenvalue weighted by atomic mass is 32.2. The van der Waals surface area contributed by atoms with Crippen molar-refractivity contribution in [3.05, 3.63) is 35.7 Å². The highest BCUT2D eigenvalue weighted by Crippen LogP contribution is 2.31. The maximum atomic E-state index is 14.5. The van der Waals surface area contributed by atoms with E-state index >= 15 is 0 Å². The number of hydrogen-bond donors (Lipinski definition) is 1. The zero-order valence-corrected chi connectivity index (χ0v) is 14.0. The smallest absolute Gasteiger partial charge is 0.217 e. The average Bonchev–Trinajstić information content (AvgIpc) is 3.02. The van der Waals surface area contributed by atoms with Crippen LogP contribution in [0.4, 0.5) is 10.1 Å². The molecule has 0 radical (unpaired) electrons. The Labute approximate surface area is 140 Å². The van der Waals surface area contributed by atoms with Gasteiger partial charge in [0.2, 0.25) is 5.91 Å². The molecule has 124 valence electrons. The van der Waals surface area contributed by atoms with Crippen LogP contribution in [-0.4, -0.2) is 43.3 Å². The van der Waals surface area contributed by atoms with E-state index in [4.69, 9.17) is 4.74 Å². The van der Waals surface area contributed by atoms with Gasteiger partial charge in [0, 0.05) is 30.5 Å². The van der Waals surface area contributed by atoms with E-state index in [1.165, 1.54) is 6.92 Å². The minimum atomic E-state index is -0.241. The molecule has 1 amide bonds. The van der Waals surface area contributed by atoms with E-state index in [2.05, 4.69) is 11.4 Å². The molecule has 1 fully saturated rings. The summed E-state index contributed by atoms with van der Waals surface area (Å²) in [7, 11) is 0. The van der Waals surface area contributed by atoms with Crippen LogP contribution in [0, 0.1) is 5.82 Å². The number of carbonyl (C=O) groups is 1. The highest BCUT2D eigenvalue weighted by molar-refractivity contribution is 7.99. The molecule has 0 saturated carbocycles. The first-order chi connectivity index (χ1) is 11.1. The van der Waals surface area contributed by atoms with Crippen molar-refractivity contribution >= 4 is 28.9 Å². The second-order valence-electron chi connectivity index (χ2n) is 5.67. The molecule has 6 heteroatoms. The number of ether oxygens (including phenoxy) is 1. The molecule has 1 atom stereocenters. The van der Waals surface area contributed by atoms with E-state index in [-0.39, 0.29) is 18.0 Å². The maximum absolute atomic E-state index is 14.5. The quantitative estimate of drug-likeness (QED) is 0.918. The lowest BCUT2D eigenvalue weighted by Gasteiger charge is -2.26. The summed E-state index contributed by atoms with van der Waals surface area (Å²) in [5.74, 6) is 1.72. The molecule has 0 aromatic heterocycles. The van der Waals surface area contributed by atoms with Crippen LogP contribution in [0.1, 0.15) is 18.9 Å². The molecule has 4 nitrogen and oxygen atoms in total. The molecule has 0 unspecified atom stereocenters. The van der Waals surface area contributed by atoms with E-state index in [1.807, 2.05) is 28.8 Å². The number of carbonyl (C=O) groups excluding carboxylic acids is 1. The first-order valence-corrected chi connectivity index (χ1v) is 9.00. The Morgan fingerprint density at radius 1 is 1.52 bits per heavy atom. The summed E-state index contributed by atoms with van der Waals surface area (Å²) in [6, 6.07) is 5.38. The molecule has 0 bridgehead atoms. The first-order valence-electron chi connectivity index (χ1n) is 7.84. The third kappa shape index (κ3) is 3.87. The predicted molar refractivity (Wildman–Crippen MR) is 92.1 cm³/mol. The number of anilines is 1. The number of halogens is 1. The number of benzene rings is 1. The molecule has 1 N–H and O–H groups in total. The molecule has 2 heterocycles. The molecule has 0 aliphatic carbocycles. The minimum absolute atomic E-state index is 0.0934.